The van der Waals surface area contributed by atoms with E-state index in [1.54, 1.807) is 12.1 Å². The molecule has 0 bridgehead atoms. The highest BCUT2D eigenvalue weighted by molar-refractivity contribution is 5.70. The number of hydrogen-bond acceptors (Lipinski definition) is 5. The monoisotopic (exact) mass is 423 g/mol. The summed E-state index contributed by atoms with van der Waals surface area (Å²) < 4.78 is 29.5. The van der Waals surface area contributed by atoms with Crippen LogP contribution in [-0.4, -0.2) is 32.1 Å². The summed E-state index contributed by atoms with van der Waals surface area (Å²) in [6.07, 6.45) is 0.282. The van der Waals surface area contributed by atoms with Crippen molar-refractivity contribution in [3.05, 3.63) is 89.7 Å². The maximum atomic E-state index is 13.0. The largest absolute Gasteiger partial charge is 0.489 e. The molecule has 3 aromatic rings. The summed E-state index contributed by atoms with van der Waals surface area (Å²) in [5, 5.41) is 0. The van der Waals surface area contributed by atoms with Crippen molar-refractivity contribution < 1.29 is 23.4 Å². The fourth-order valence-electron chi connectivity index (χ4n) is 3.13. The molecule has 0 unspecified atom stereocenters. The van der Waals surface area contributed by atoms with Gasteiger partial charge in [-0.15, -0.1) is 0 Å². The average molecular weight is 423 g/mol. The van der Waals surface area contributed by atoms with Gasteiger partial charge in [-0.05, 0) is 73.8 Å². The van der Waals surface area contributed by atoms with E-state index >= 15 is 0 Å². The summed E-state index contributed by atoms with van der Waals surface area (Å²) in [6.45, 7) is 0.374. The minimum absolute atomic E-state index is 0.0678. The Morgan fingerprint density at radius 2 is 1.61 bits per heavy atom. The second kappa shape index (κ2) is 10.6. The van der Waals surface area contributed by atoms with E-state index in [0.717, 1.165) is 16.9 Å². The normalized spacial score (nSPS) is 11.8. The number of rotatable bonds is 9. The minimum Gasteiger partial charge on any atom is -0.489 e. The van der Waals surface area contributed by atoms with E-state index in [2.05, 4.69) is 0 Å². The van der Waals surface area contributed by atoms with Gasteiger partial charge >= 0.3 is 5.97 Å². The van der Waals surface area contributed by atoms with E-state index in [-0.39, 0.29) is 24.2 Å². The number of ether oxygens (including phenoxy) is 3. The van der Waals surface area contributed by atoms with Crippen LogP contribution in [-0.2, 0) is 16.1 Å². The molecule has 3 rings (SSSR count). The van der Waals surface area contributed by atoms with Crippen LogP contribution < -0.4 is 9.47 Å². The third-order valence-corrected chi connectivity index (χ3v) is 4.83. The summed E-state index contributed by atoms with van der Waals surface area (Å²) in [5.41, 5.74) is 1.96. The van der Waals surface area contributed by atoms with Gasteiger partial charge in [-0.2, -0.15) is 0 Å². The van der Waals surface area contributed by atoms with Gasteiger partial charge in [0.2, 0.25) is 0 Å². The van der Waals surface area contributed by atoms with E-state index < -0.39 is 0 Å². The van der Waals surface area contributed by atoms with E-state index in [1.165, 1.54) is 19.2 Å². The molecule has 162 valence electrons. The maximum Gasteiger partial charge on any atom is 0.307 e. The molecule has 0 saturated heterocycles. The summed E-state index contributed by atoms with van der Waals surface area (Å²) in [4.78, 5) is 13.7. The molecule has 0 amide bonds. The standard InChI is InChI=1S/C25H26FNO4/c1-27(2)24(16-25(28)29-3)19-7-11-21(12-8-19)30-17-18-5-4-6-23(15-18)31-22-13-9-20(26)10-14-22/h4-15,24H,16-17H2,1-3H3/t24-/m0/s1. The minimum atomic E-state index is -0.303. The molecule has 1 atom stereocenters. The van der Waals surface area contributed by atoms with Crippen molar-refractivity contribution in [1.29, 1.82) is 0 Å². The Morgan fingerprint density at radius 3 is 2.26 bits per heavy atom. The van der Waals surface area contributed by atoms with Crippen molar-refractivity contribution in [3.63, 3.8) is 0 Å². The molecule has 0 aliphatic heterocycles. The van der Waals surface area contributed by atoms with Gasteiger partial charge in [0.25, 0.3) is 0 Å². The Hall–Kier alpha value is -3.38. The molecule has 0 aliphatic rings. The van der Waals surface area contributed by atoms with Gasteiger partial charge in [-0.3, -0.25) is 4.79 Å². The number of carbonyl (C=O) groups excluding carboxylic acids is 1. The van der Waals surface area contributed by atoms with Crippen LogP contribution in [0.15, 0.2) is 72.8 Å². The van der Waals surface area contributed by atoms with E-state index in [1.807, 2.05) is 67.5 Å². The van der Waals surface area contributed by atoms with Crippen molar-refractivity contribution in [3.8, 4) is 17.2 Å². The molecule has 0 aromatic heterocycles. The van der Waals surface area contributed by atoms with E-state index in [9.17, 15) is 9.18 Å². The van der Waals surface area contributed by atoms with Crippen LogP contribution >= 0.6 is 0 Å². The number of nitrogens with zero attached hydrogens (tertiary/aromatic N) is 1. The highest BCUT2D eigenvalue weighted by Crippen LogP contribution is 2.26. The second-order valence-corrected chi connectivity index (χ2v) is 7.32. The average Bonchev–Trinajstić information content (AvgIpc) is 2.78. The predicted octanol–water partition coefficient (Wildman–Crippen LogP) is 5.36. The van der Waals surface area contributed by atoms with Crippen molar-refractivity contribution in [2.75, 3.05) is 21.2 Å². The van der Waals surface area contributed by atoms with Crippen molar-refractivity contribution in [2.24, 2.45) is 0 Å². The molecule has 31 heavy (non-hydrogen) atoms. The number of benzene rings is 3. The third kappa shape index (κ3) is 6.55. The molecule has 0 aliphatic carbocycles. The Kier molecular flexibility index (Phi) is 7.62. The Labute approximate surface area is 182 Å². The first-order chi connectivity index (χ1) is 14.9. The Morgan fingerprint density at radius 1 is 0.935 bits per heavy atom. The first kappa shape index (κ1) is 22.3. The summed E-state index contributed by atoms with van der Waals surface area (Å²) in [5.74, 6) is 1.39. The van der Waals surface area contributed by atoms with Gasteiger partial charge in [0, 0.05) is 6.04 Å². The van der Waals surface area contributed by atoms with Gasteiger partial charge in [-0.1, -0.05) is 24.3 Å². The SMILES string of the molecule is COC(=O)C[C@@H](c1ccc(OCc2cccc(Oc3ccc(F)cc3)c2)cc1)N(C)C. The van der Waals surface area contributed by atoms with Gasteiger partial charge < -0.3 is 19.1 Å². The van der Waals surface area contributed by atoms with Crippen molar-refractivity contribution in [2.45, 2.75) is 19.1 Å². The summed E-state index contributed by atoms with van der Waals surface area (Å²) in [7, 11) is 5.25. The molecule has 0 heterocycles. The van der Waals surface area contributed by atoms with E-state index in [4.69, 9.17) is 14.2 Å². The molecular formula is C25H26FNO4. The fourth-order valence-corrected chi connectivity index (χ4v) is 3.13. The zero-order valence-electron chi connectivity index (χ0n) is 17.9. The lowest BCUT2D eigenvalue weighted by atomic mass is 10.0. The van der Waals surface area contributed by atoms with Gasteiger partial charge in [0.05, 0.1) is 13.5 Å². The van der Waals surface area contributed by atoms with Crippen LogP contribution in [0, 0.1) is 5.82 Å². The topological polar surface area (TPSA) is 48.0 Å². The fraction of sp³-hybridized carbons (Fsp3) is 0.240. The zero-order valence-corrected chi connectivity index (χ0v) is 17.9. The molecule has 0 spiro atoms. The molecule has 5 nitrogen and oxygen atoms in total. The van der Waals surface area contributed by atoms with Crippen molar-refractivity contribution >= 4 is 5.97 Å². The molecule has 0 N–H and O–H groups in total. The third-order valence-electron chi connectivity index (χ3n) is 4.83. The Bertz CT molecular complexity index is 987. The molecular weight excluding hydrogens is 397 g/mol. The van der Waals surface area contributed by atoms with Crippen LogP contribution in [0.4, 0.5) is 4.39 Å². The number of esters is 1. The lowest BCUT2D eigenvalue weighted by molar-refractivity contribution is -0.141. The maximum absolute atomic E-state index is 13.0. The van der Waals surface area contributed by atoms with Crippen LogP contribution in [0.5, 0.6) is 17.2 Å². The number of methoxy groups -OCH3 is 1. The molecule has 0 fully saturated rings. The van der Waals surface area contributed by atoms with E-state index in [0.29, 0.717) is 18.1 Å². The molecule has 6 heteroatoms. The predicted molar refractivity (Wildman–Crippen MR) is 117 cm³/mol. The molecule has 3 aromatic carbocycles. The number of carbonyl (C=O) groups is 1. The van der Waals surface area contributed by atoms with Gasteiger partial charge in [-0.25, -0.2) is 4.39 Å². The summed E-state index contributed by atoms with van der Waals surface area (Å²) in [6, 6.07) is 21.1. The smallest absolute Gasteiger partial charge is 0.307 e. The molecule has 0 radical (unpaired) electrons. The quantitative estimate of drug-likeness (QED) is 0.434. The number of halogens is 1. The Balaban J connectivity index is 1.61. The highest BCUT2D eigenvalue weighted by Gasteiger charge is 2.18. The first-order valence-electron chi connectivity index (χ1n) is 9.93. The lowest BCUT2D eigenvalue weighted by Crippen LogP contribution is -2.23. The summed E-state index contributed by atoms with van der Waals surface area (Å²) >= 11 is 0. The van der Waals surface area contributed by atoms with Crippen LogP contribution in [0.3, 0.4) is 0 Å². The second-order valence-electron chi connectivity index (χ2n) is 7.32. The lowest BCUT2D eigenvalue weighted by Gasteiger charge is -2.23. The van der Waals surface area contributed by atoms with Crippen LogP contribution in [0.25, 0.3) is 0 Å². The van der Waals surface area contributed by atoms with Crippen molar-refractivity contribution in [1.82, 2.24) is 4.90 Å². The zero-order chi connectivity index (χ0) is 22.2. The van der Waals surface area contributed by atoms with Crippen LogP contribution in [0.2, 0.25) is 0 Å². The van der Waals surface area contributed by atoms with Gasteiger partial charge in [0.15, 0.2) is 0 Å². The van der Waals surface area contributed by atoms with Crippen LogP contribution in [0.1, 0.15) is 23.6 Å². The highest BCUT2D eigenvalue weighted by atomic mass is 19.1. The first-order valence-corrected chi connectivity index (χ1v) is 9.93. The van der Waals surface area contributed by atoms with Gasteiger partial charge in [0.1, 0.15) is 29.7 Å². The number of hydrogen-bond donors (Lipinski definition) is 0. The molecule has 0 saturated carbocycles.